The average molecular weight is 510 g/mol. The number of nitrogens with zero attached hydrogens (tertiary/aromatic N) is 5. The Morgan fingerprint density at radius 1 is 1.22 bits per heavy atom. The van der Waals surface area contributed by atoms with Crippen LogP contribution in [0.1, 0.15) is 22.3 Å². The van der Waals surface area contributed by atoms with E-state index in [-0.39, 0.29) is 46.9 Å². The van der Waals surface area contributed by atoms with Crippen LogP contribution in [0, 0.1) is 5.92 Å². The van der Waals surface area contributed by atoms with Crippen LogP contribution < -0.4 is 4.74 Å². The average Bonchev–Trinajstić information content (AvgIpc) is 3.23. The highest BCUT2D eigenvalue weighted by atomic mass is 19.1. The third kappa shape index (κ3) is 4.56. The van der Waals surface area contributed by atoms with Crippen LogP contribution in [0.15, 0.2) is 42.4 Å². The number of phenolic OH excluding ortho intramolecular Hbond substituents is 1. The van der Waals surface area contributed by atoms with E-state index in [4.69, 9.17) is 4.74 Å². The molecule has 1 aliphatic carbocycles. The van der Waals surface area contributed by atoms with Gasteiger partial charge in [0.1, 0.15) is 17.1 Å². The highest BCUT2D eigenvalue weighted by molar-refractivity contribution is 6.09. The van der Waals surface area contributed by atoms with Gasteiger partial charge >= 0.3 is 12.1 Å². The molecule has 1 aromatic carbocycles. The standard InChI is InChI=1S/C26H28FN5O5/c1-29(2)25(35)30-10-12-31(13-11-30)26(36)37-23-18-4-3-9-28-21(18)22(33)20-19(23)15-32(24(20)34)14-16-5-7-17(27)8-6-16/h3-5,7-9,16,33H,6,10-15H2,1-2H3. The molecule has 0 saturated carbocycles. The Morgan fingerprint density at radius 3 is 2.62 bits per heavy atom. The molecule has 3 aliphatic rings. The molecule has 194 valence electrons. The van der Waals surface area contributed by atoms with E-state index in [9.17, 15) is 23.9 Å². The summed E-state index contributed by atoms with van der Waals surface area (Å²) in [6, 6.07) is 3.23. The normalized spacial score (nSPS) is 19.2. The number of pyridine rings is 1. The van der Waals surface area contributed by atoms with E-state index in [0.29, 0.717) is 50.1 Å². The van der Waals surface area contributed by atoms with Gasteiger partial charge in [0.2, 0.25) is 0 Å². The fourth-order valence-corrected chi connectivity index (χ4v) is 4.95. The Labute approximate surface area is 213 Å². The number of hydrogen-bond donors (Lipinski definition) is 1. The molecule has 1 aromatic heterocycles. The zero-order valence-corrected chi connectivity index (χ0v) is 20.7. The van der Waals surface area contributed by atoms with Crippen molar-refractivity contribution in [3.05, 3.63) is 53.5 Å². The van der Waals surface area contributed by atoms with Gasteiger partial charge in [-0.05, 0) is 36.6 Å². The van der Waals surface area contributed by atoms with Crippen LogP contribution in [0.4, 0.5) is 14.0 Å². The summed E-state index contributed by atoms with van der Waals surface area (Å²) < 4.78 is 19.3. The third-order valence-corrected chi connectivity index (χ3v) is 6.92. The van der Waals surface area contributed by atoms with Crippen molar-refractivity contribution in [1.82, 2.24) is 24.6 Å². The lowest BCUT2D eigenvalue weighted by atomic mass is 10.00. The van der Waals surface area contributed by atoms with E-state index in [2.05, 4.69) is 4.98 Å². The summed E-state index contributed by atoms with van der Waals surface area (Å²) in [6.07, 6.45) is 5.94. The van der Waals surface area contributed by atoms with Gasteiger partial charge in [0, 0.05) is 64.0 Å². The van der Waals surface area contributed by atoms with Crippen LogP contribution in [0.2, 0.25) is 0 Å². The topological polar surface area (TPSA) is 107 Å². The van der Waals surface area contributed by atoms with Gasteiger partial charge in [-0.2, -0.15) is 0 Å². The number of benzene rings is 1. The smallest absolute Gasteiger partial charge is 0.415 e. The molecule has 11 heteroatoms. The van der Waals surface area contributed by atoms with Crippen LogP contribution >= 0.6 is 0 Å². The number of fused-ring (bicyclic) bond motifs is 2. The maximum atomic E-state index is 13.4. The first-order chi connectivity index (χ1) is 17.7. The Morgan fingerprint density at radius 2 is 1.95 bits per heavy atom. The van der Waals surface area contributed by atoms with Crippen molar-refractivity contribution in [2.75, 3.05) is 46.8 Å². The maximum Gasteiger partial charge on any atom is 0.415 e. The minimum Gasteiger partial charge on any atom is -0.505 e. The van der Waals surface area contributed by atoms with E-state index in [1.807, 2.05) is 0 Å². The molecule has 37 heavy (non-hydrogen) atoms. The summed E-state index contributed by atoms with van der Waals surface area (Å²) in [5.41, 5.74) is 0.652. The molecule has 0 bridgehead atoms. The van der Waals surface area contributed by atoms with Crippen molar-refractivity contribution < 1.29 is 28.6 Å². The van der Waals surface area contributed by atoms with Crippen molar-refractivity contribution >= 4 is 28.9 Å². The van der Waals surface area contributed by atoms with Crippen LogP contribution in [-0.2, 0) is 6.54 Å². The fraction of sp³-hybridized carbons (Fsp3) is 0.385. The van der Waals surface area contributed by atoms with Crippen LogP contribution in [0.25, 0.3) is 10.9 Å². The number of phenols is 1. The van der Waals surface area contributed by atoms with Gasteiger partial charge in [0.25, 0.3) is 5.91 Å². The molecule has 4 amide bonds. The molecule has 2 aromatic rings. The molecule has 1 atom stereocenters. The summed E-state index contributed by atoms with van der Waals surface area (Å²) in [5, 5.41) is 11.4. The molecule has 1 saturated heterocycles. The molecule has 0 radical (unpaired) electrons. The highest BCUT2D eigenvalue weighted by Gasteiger charge is 2.37. The minimum absolute atomic E-state index is 0.0666. The fourth-order valence-electron chi connectivity index (χ4n) is 4.95. The van der Waals surface area contributed by atoms with Gasteiger partial charge in [-0.25, -0.2) is 14.0 Å². The molecule has 2 aliphatic heterocycles. The van der Waals surface area contributed by atoms with E-state index in [1.54, 1.807) is 42.1 Å². The summed E-state index contributed by atoms with van der Waals surface area (Å²) >= 11 is 0. The van der Waals surface area contributed by atoms with E-state index >= 15 is 0 Å². The number of ether oxygens (including phenoxy) is 1. The molecule has 0 spiro atoms. The van der Waals surface area contributed by atoms with Crippen LogP contribution in [0.5, 0.6) is 11.5 Å². The number of aromatic hydroxyl groups is 1. The number of rotatable bonds is 3. The van der Waals surface area contributed by atoms with E-state index < -0.39 is 12.0 Å². The molecule has 5 rings (SSSR count). The summed E-state index contributed by atoms with van der Waals surface area (Å²) in [6.45, 7) is 1.82. The Balaban J connectivity index is 1.40. The van der Waals surface area contributed by atoms with Gasteiger partial charge in [0.05, 0.1) is 12.1 Å². The van der Waals surface area contributed by atoms with Gasteiger partial charge in [-0.1, -0.05) is 6.08 Å². The Hall–Kier alpha value is -4.15. The van der Waals surface area contributed by atoms with Gasteiger partial charge in [-0.15, -0.1) is 0 Å². The van der Waals surface area contributed by atoms with Crippen LogP contribution in [-0.4, -0.2) is 94.5 Å². The lowest BCUT2D eigenvalue weighted by Crippen LogP contribution is -2.53. The number of carbonyl (C=O) groups is 3. The van der Waals surface area contributed by atoms with Gasteiger partial charge in [-0.3, -0.25) is 9.78 Å². The molecule has 3 heterocycles. The van der Waals surface area contributed by atoms with E-state index in [1.165, 1.54) is 28.1 Å². The third-order valence-electron chi connectivity index (χ3n) is 6.92. The zero-order chi connectivity index (χ0) is 26.3. The number of aromatic nitrogens is 1. The number of urea groups is 1. The molecule has 1 N–H and O–H groups in total. The number of carbonyl (C=O) groups excluding carboxylic acids is 3. The molecule has 1 unspecified atom stereocenters. The SMILES string of the molecule is CN(C)C(=O)N1CCN(C(=O)Oc2c3c(c(O)c4ncccc24)C(=O)N(CC2C=CC(F)=CC2)C3)CC1. The second kappa shape index (κ2) is 9.72. The first kappa shape index (κ1) is 24.5. The maximum absolute atomic E-state index is 13.4. The summed E-state index contributed by atoms with van der Waals surface area (Å²) in [5.74, 6) is -0.827. The second-order valence-electron chi connectivity index (χ2n) is 9.58. The van der Waals surface area contributed by atoms with Crippen LogP contribution in [0.3, 0.4) is 0 Å². The Kier molecular flexibility index (Phi) is 6.45. The largest absolute Gasteiger partial charge is 0.505 e. The van der Waals surface area contributed by atoms with Crippen molar-refractivity contribution in [2.45, 2.75) is 13.0 Å². The number of piperazine rings is 1. The zero-order valence-electron chi connectivity index (χ0n) is 20.7. The lowest BCUT2D eigenvalue weighted by molar-refractivity contribution is 0.0760. The number of allylic oxidation sites excluding steroid dienone is 3. The van der Waals surface area contributed by atoms with Gasteiger partial charge < -0.3 is 29.4 Å². The first-order valence-corrected chi connectivity index (χ1v) is 12.1. The Bertz CT molecular complexity index is 1330. The minimum atomic E-state index is -0.600. The quantitative estimate of drug-likeness (QED) is 0.682. The van der Waals surface area contributed by atoms with Crippen molar-refractivity contribution in [2.24, 2.45) is 5.92 Å². The first-order valence-electron chi connectivity index (χ1n) is 12.1. The molecule has 1 fully saturated rings. The predicted molar refractivity (Wildman–Crippen MR) is 133 cm³/mol. The molecular formula is C26H28FN5O5. The van der Waals surface area contributed by atoms with Crippen molar-refractivity contribution in [3.63, 3.8) is 0 Å². The number of halogens is 1. The summed E-state index contributed by atoms with van der Waals surface area (Å²) in [4.78, 5) is 49.2. The lowest BCUT2D eigenvalue weighted by Gasteiger charge is -2.35. The number of amides is 4. The monoisotopic (exact) mass is 509 g/mol. The van der Waals surface area contributed by atoms with E-state index in [0.717, 1.165) is 0 Å². The number of hydrogen-bond acceptors (Lipinski definition) is 6. The second-order valence-corrected chi connectivity index (χ2v) is 9.58. The molecular weight excluding hydrogens is 481 g/mol. The summed E-state index contributed by atoms with van der Waals surface area (Å²) in [7, 11) is 3.36. The van der Waals surface area contributed by atoms with Gasteiger partial charge in [0.15, 0.2) is 5.75 Å². The highest BCUT2D eigenvalue weighted by Crippen LogP contribution is 2.44. The molecule has 10 nitrogen and oxygen atoms in total. The van der Waals surface area contributed by atoms with Crippen molar-refractivity contribution in [1.29, 1.82) is 0 Å². The predicted octanol–water partition coefficient (Wildman–Crippen LogP) is 3.12. The van der Waals surface area contributed by atoms with Crippen molar-refractivity contribution in [3.8, 4) is 11.5 Å².